The van der Waals surface area contributed by atoms with E-state index in [-0.39, 0.29) is 11.6 Å². The van der Waals surface area contributed by atoms with Crippen LogP contribution in [0.1, 0.15) is 36.9 Å². The summed E-state index contributed by atoms with van der Waals surface area (Å²) in [4.78, 5) is 24.7. The molecule has 0 unspecified atom stereocenters. The number of aromatic nitrogens is 1. The van der Waals surface area contributed by atoms with Crippen LogP contribution < -0.4 is 0 Å². The summed E-state index contributed by atoms with van der Waals surface area (Å²) in [6.07, 6.45) is 0. The number of rotatable bonds is 0. The summed E-state index contributed by atoms with van der Waals surface area (Å²) in [7, 11) is 0. The smallest absolute Gasteiger partial charge is 0.206 e. The van der Waals surface area contributed by atoms with Crippen LogP contribution in [0.2, 0.25) is 0 Å². The third-order valence-electron chi connectivity index (χ3n) is 2.71. The lowest BCUT2D eigenvalue weighted by molar-refractivity contribution is 0.0982. The molecule has 1 aliphatic carbocycles. The van der Waals surface area contributed by atoms with E-state index in [9.17, 15) is 9.59 Å². The number of hydrogen-bond acceptors (Lipinski definition) is 4. The first-order valence-electron chi connectivity index (χ1n) is 4.85. The molecule has 0 radical (unpaired) electrons. The SMILES string of the molecule is Cc1nsc2c1C(=O)c1ccccc1C2=O. The van der Waals surface area contributed by atoms with Gasteiger partial charge in [0.1, 0.15) is 4.88 Å². The van der Waals surface area contributed by atoms with Gasteiger partial charge in [-0.2, -0.15) is 4.37 Å². The van der Waals surface area contributed by atoms with Gasteiger partial charge in [0.2, 0.25) is 5.78 Å². The average molecular weight is 229 g/mol. The fourth-order valence-corrected chi connectivity index (χ4v) is 2.77. The Hall–Kier alpha value is -1.81. The second kappa shape index (κ2) is 3.09. The monoisotopic (exact) mass is 229 g/mol. The maximum Gasteiger partial charge on any atom is 0.206 e. The van der Waals surface area contributed by atoms with Crippen molar-refractivity contribution in [3.8, 4) is 0 Å². The molecule has 0 N–H and O–H groups in total. The molecule has 2 aromatic rings. The zero-order chi connectivity index (χ0) is 11.3. The van der Waals surface area contributed by atoms with Gasteiger partial charge in [-0.05, 0) is 18.5 Å². The van der Waals surface area contributed by atoms with Crippen molar-refractivity contribution in [3.05, 3.63) is 51.5 Å². The first kappa shape index (κ1) is 9.42. The van der Waals surface area contributed by atoms with Gasteiger partial charge in [0.05, 0.1) is 11.3 Å². The summed E-state index contributed by atoms with van der Waals surface area (Å²) in [5, 5.41) is 0. The molecule has 1 heterocycles. The van der Waals surface area contributed by atoms with Gasteiger partial charge >= 0.3 is 0 Å². The molecule has 0 atom stereocenters. The predicted octanol–water partition coefficient (Wildman–Crippen LogP) is 2.23. The summed E-state index contributed by atoms with van der Waals surface area (Å²) in [5.74, 6) is -0.174. The van der Waals surface area contributed by atoms with Gasteiger partial charge in [-0.3, -0.25) is 9.59 Å². The molecule has 4 heteroatoms. The highest BCUT2D eigenvalue weighted by Gasteiger charge is 2.32. The maximum atomic E-state index is 12.1. The van der Waals surface area contributed by atoms with Crippen LogP contribution in [-0.2, 0) is 0 Å². The molecule has 16 heavy (non-hydrogen) atoms. The molecule has 0 amide bonds. The van der Waals surface area contributed by atoms with E-state index in [1.165, 1.54) is 0 Å². The Morgan fingerprint density at radius 3 is 2.38 bits per heavy atom. The van der Waals surface area contributed by atoms with Gasteiger partial charge < -0.3 is 0 Å². The van der Waals surface area contributed by atoms with Crippen LogP contribution in [0.4, 0.5) is 0 Å². The van der Waals surface area contributed by atoms with Crippen LogP contribution in [0.15, 0.2) is 24.3 Å². The van der Waals surface area contributed by atoms with Gasteiger partial charge in [0.25, 0.3) is 0 Å². The number of carbonyl (C=O) groups excluding carboxylic acids is 2. The highest BCUT2D eigenvalue weighted by molar-refractivity contribution is 7.09. The molecule has 0 bridgehead atoms. The van der Waals surface area contributed by atoms with Gasteiger partial charge in [-0.25, -0.2) is 0 Å². The number of carbonyl (C=O) groups is 2. The number of fused-ring (bicyclic) bond motifs is 2. The van der Waals surface area contributed by atoms with Crippen molar-refractivity contribution in [2.24, 2.45) is 0 Å². The van der Waals surface area contributed by atoms with Crippen molar-refractivity contribution in [1.82, 2.24) is 4.37 Å². The summed E-state index contributed by atoms with van der Waals surface area (Å²) in [6, 6.07) is 6.91. The number of aryl methyl sites for hydroxylation is 1. The molecule has 0 fully saturated rings. The molecular formula is C12H7NO2S. The minimum Gasteiger partial charge on any atom is -0.288 e. The Labute approximate surface area is 95.9 Å². The Bertz CT molecular complexity index is 628. The predicted molar refractivity (Wildman–Crippen MR) is 60.2 cm³/mol. The Morgan fingerprint density at radius 1 is 1.06 bits per heavy atom. The molecule has 3 rings (SSSR count). The van der Waals surface area contributed by atoms with Crippen molar-refractivity contribution >= 4 is 23.1 Å². The molecule has 1 aromatic heterocycles. The number of hydrogen-bond donors (Lipinski definition) is 0. The van der Waals surface area contributed by atoms with Crippen LogP contribution in [-0.4, -0.2) is 15.9 Å². The highest BCUT2D eigenvalue weighted by Crippen LogP contribution is 2.31. The largest absolute Gasteiger partial charge is 0.288 e. The van der Waals surface area contributed by atoms with Crippen molar-refractivity contribution in [3.63, 3.8) is 0 Å². The van der Waals surface area contributed by atoms with Gasteiger partial charge in [0, 0.05) is 11.1 Å². The van der Waals surface area contributed by atoms with Gasteiger partial charge in [0.15, 0.2) is 5.78 Å². The van der Waals surface area contributed by atoms with Crippen LogP contribution in [0.25, 0.3) is 0 Å². The molecule has 0 spiro atoms. The second-order valence-corrected chi connectivity index (χ2v) is 4.45. The van der Waals surface area contributed by atoms with E-state index in [1.807, 2.05) is 0 Å². The Kier molecular flexibility index (Phi) is 1.82. The standard InChI is InChI=1S/C12H7NO2S/c1-6-9-10(14)7-4-2-3-5-8(7)11(15)12(9)16-13-6/h2-5H,1H3. The van der Waals surface area contributed by atoms with E-state index in [0.717, 1.165) is 11.5 Å². The van der Waals surface area contributed by atoms with Crippen molar-refractivity contribution in [1.29, 1.82) is 0 Å². The van der Waals surface area contributed by atoms with E-state index < -0.39 is 0 Å². The van der Waals surface area contributed by atoms with Gasteiger partial charge in [-0.1, -0.05) is 24.3 Å². The number of nitrogens with zero attached hydrogens (tertiary/aromatic N) is 1. The van der Waals surface area contributed by atoms with Crippen LogP contribution >= 0.6 is 11.5 Å². The number of ketones is 2. The molecule has 1 aromatic carbocycles. The highest BCUT2D eigenvalue weighted by atomic mass is 32.1. The average Bonchev–Trinajstić information content (AvgIpc) is 2.69. The lowest BCUT2D eigenvalue weighted by Gasteiger charge is -2.13. The number of benzene rings is 1. The fraction of sp³-hybridized carbons (Fsp3) is 0.0833. The summed E-state index contributed by atoms with van der Waals surface area (Å²) < 4.78 is 4.08. The van der Waals surface area contributed by atoms with Crippen molar-refractivity contribution < 1.29 is 9.59 Å². The quantitative estimate of drug-likeness (QED) is 0.594. The fourth-order valence-electron chi connectivity index (χ4n) is 1.93. The van der Waals surface area contributed by atoms with E-state index >= 15 is 0 Å². The first-order chi connectivity index (χ1) is 7.70. The normalized spacial score (nSPS) is 13.6. The van der Waals surface area contributed by atoms with E-state index in [1.54, 1.807) is 31.2 Å². The van der Waals surface area contributed by atoms with Crippen molar-refractivity contribution in [2.45, 2.75) is 6.92 Å². The summed E-state index contributed by atoms with van der Waals surface area (Å²) in [6.45, 7) is 1.76. The molecular weight excluding hydrogens is 222 g/mol. The minimum atomic E-state index is -0.0872. The third-order valence-corrected chi connectivity index (χ3v) is 3.65. The van der Waals surface area contributed by atoms with Crippen LogP contribution in [0.5, 0.6) is 0 Å². The molecule has 78 valence electrons. The zero-order valence-electron chi connectivity index (χ0n) is 8.48. The molecule has 0 aliphatic heterocycles. The molecule has 3 nitrogen and oxygen atoms in total. The lowest BCUT2D eigenvalue weighted by Crippen LogP contribution is -2.19. The van der Waals surface area contributed by atoms with Crippen LogP contribution in [0, 0.1) is 6.92 Å². The summed E-state index contributed by atoms with van der Waals surface area (Å²) >= 11 is 1.11. The van der Waals surface area contributed by atoms with E-state index in [2.05, 4.69) is 4.37 Å². The molecule has 0 saturated heterocycles. The maximum absolute atomic E-state index is 12.1. The third kappa shape index (κ3) is 1.05. The molecule has 1 aliphatic rings. The summed E-state index contributed by atoms with van der Waals surface area (Å²) in [5.41, 5.74) is 2.11. The lowest BCUT2D eigenvalue weighted by atomic mass is 9.88. The Balaban J connectivity index is 2.36. The molecule has 0 saturated carbocycles. The second-order valence-electron chi connectivity index (χ2n) is 3.68. The minimum absolute atomic E-state index is 0.0866. The Morgan fingerprint density at radius 2 is 1.69 bits per heavy atom. The van der Waals surface area contributed by atoms with Crippen LogP contribution in [0.3, 0.4) is 0 Å². The first-order valence-corrected chi connectivity index (χ1v) is 5.62. The topological polar surface area (TPSA) is 47.0 Å². The van der Waals surface area contributed by atoms with E-state index in [0.29, 0.717) is 27.3 Å². The van der Waals surface area contributed by atoms with Crippen molar-refractivity contribution in [2.75, 3.05) is 0 Å². The zero-order valence-corrected chi connectivity index (χ0v) is 9.30. The van der Waals surface area contributed by atoms with Gasteiger partial charge in [-0.15, -0.1) is 0 Å². The van der Waals surface area contributed by atoms with E-state index in [4.69, 9.17) is 0 Å².